The number of ether oxygens (including phenoxy) is 1. The number of H-pyrrole nitrogens is 1. The molecule has 0 saturated carbocycles. The topological polar surface area (TPSA) is 101 Å². The van der Waals surface area contributed by atoms with E-state index in [1.807, 2.05) is 39.0 Å². The fourth-order valence-corrected chi connectivity index (χ4v) is 3.86. The van der Waals surface area contributed by atoms with Crippen LogP contribution in [0.3, 0.4) is 0 Å². The molecule has 1 unspecified atom stereocenters. The van der Waals surface area contributed by atoms with Crippen LogP contribution in [0.4, 0.5) is 0 Å². The van der Waals surface area contributed by atoms with Gasteiger partial charge in [-0.1, -0.05) is 25.1 Å². The van der Waals surface area contributed by atoms with Crippen molar-refractivity contribution in [2.45, 2.75) is 71.3 Å². The number of aryl methyl sites for hydroxylation is 3. The van der Waals surface area contributed by atoms with Crippen molar-refractivity contribution in [2.75, 3.05) is 0 Å². The zero-order valence-electron chi connectivity index (χ0n) is 17.1. The number of nitrogens with zero attached hydrogens (tertiary/aromatic N) is 1. The Morgan fingerprint density at radius 1 is 1.28 bits per heavy atom. The summed E-state index contributed by atoms with van der Waals surface area (Å²) in [4.78, 5) is 38.6. The molecule has 1 aliphatic rings. The molecule has 2 aromatic rings. The summed E-state index contributed by atoms with van der Waals surface area (Å²) in [7, 11) is 0. The van der Waals surface area contributed by atoms with E-state index in [1.165, 1.54) is 10.8 Å². The molecular weight excluding hydrogens is 372 g/mol. The molecule has 7 nitrogen and oxygen atoms in total. The van der Waals surface area contributed by atoms with Gasteiger partial charge in [0.05, 0.1) is 12.2 Å². The molecule has 2 heterocycles. The van der Waals surface area contributed by atoms with Crippen LogP contribution in [0.2, 0.25) is 0 Å². The second kappa shape index (κ2) is 8.88. The number of carbonyl (C=O) groups excluding carboxylic acids is 1. The number of aliphatic hydroxyl groups excluding tert-OH is 1. The molecular formula is C22H28N2O5. The Morgan fingerprint density at radius 2 is 1.97 bits per heavy atom. The highest BCUT2D eigenvalue weighted by molar-refractivity contribution is 5.81. The van der Waals surface area contributed by atoms with Gasteiger partial charge in [-0.15, -0.1) is 0 Å². The molecule has 156 valence electrons. The molecule has 2 N–H and O–H groups in total. The van der Waals surface area contributed by atoms with Gasteiger partial charge < -0.3 is 9.84 Å². The van der Waals surface area contributed by atoms with Crippen LogP contribution < -0.4 is 11.2 Å². The summed E-state index contributed by atoms with van der Waals surface area (Å²) in [6.07, 6.45) is 1.33. The average molecular weight is 400 g/mol. The van der Waals surface area contributed by atoms with Crippen LogP contribution in [0.15, 0.2) is 34.0 Å². The summed E-state index contributed by atoms with van der Waals surface area (Å²) < 4.78 is 7.19. The number of ketones is 1. The molecule has 0 spiro atoms. The number of benzene rings is 1. The summed E-state index contributed by atoms with van der Waals surface area (Å²) >= 11 is 0. The number of aromatic amines is 1. The normalized spacial score (nSPS) is 21.4. The van der Waals surface area contributed by atoms with Gasteiger partial charge in [0.25, 0.3) is 5.56 Å². The third-order valence-corrected chi connectivity index (χ3v) is 5.66. The Kier molecular flexibility index (Phi) is 6.49. The van der Waals surface area contributed by atoms with E-state index in [2.05, 4.69) is 4.98 Å². The van der Waals surface area contributed by atoms with Crippen LogP contribution in [0.5, 0.6) is 0 Å². The largest absolute Gasteiger partial charge is 0.390 e. The third kappa shape index (κ3) is 4.74. The molecule has 7 heteroatoms. The quantitative estimate of drug-likeness (QED) is 0.740. The highest BCUT2D eigenvalue weighted by Crippen LogP contribution is 2.30. The number of rotatable bonds is 7. The standard InChI is InChI=1S/C22H28N2O5/c1-4-15-12-24(22(28)23-21(15)27)20-11-18(26)19(29-20)9-8-16(25)10-17-13(2)6-5-7-14(17)3/h5-7,12,18-20,26H,4,8-11H2,1-3H3,(H,23,27,28)/t18?,19-,20-/m0/s1. The lowest BCUT2D eigenvalue weighted by molar-refractivity contribution is -0.119. The molecule has 1 saturated heterocycles. The van der Waals surface area contributed by atoms with Gasteiger partial charge in [-0.2, -0.15) is 0 Å². The van der Waals surface area contributed by atoms with E-state index in [4.69, 9.17) is 4.74 Å². The van der Waals surface area contributed by atoms with Gasteiger partial charge in [0.1, 0.15) is 12.0 Å². The molecule has 3 atom stereocenters. The number of Topliss-reactive ketones (excluding diaryl/α,β-unsaturated/α-hetero) is 1. The van der Waals surface area contributed by atoms with Crippen molar-refractivity contribution in [1.29, 1.82) is 0 Å². The summed E-state index contributed by atoms with van der Waals surface area (Å²) in [5.74, 6) is 0.0936. The fourth-order valence-electron chi connectivity index (χ4n) is 3.86. The molecule has 1 aliphatic heterocycles. The van der Waals surface area contributed by atoms with Crippen molar-refractivity contribution in [3.05, 3.63) is 67.5 Å². The van der Waals surface area contributed by atoms with Crippen LogP contribution in [0, 0.1) is 13.8 Å². The first kappa shape index (κ1) is 21.2. The van der Waals surface area contributed by atoms with Gasteiger partial charge in [-0.25, -0.2) is 4.79 Å². The van der Waals surface area contributed by atoms with E-state index in [9.17, 15) is 19.5 Å². The molecule has 29 heavy (non-hydrogen) atoms. The monoisotopic (exact) mass is 400 g/mol. The zero-order chi connectivity index (χ0) is 21.1. The van der Waals surface area contributed by atoms with E-state index in [1.54, 1.807) is 0 Å². The van der Waals surface area contributed by atoms with Gasteiger partial charge in [-0.05, 0) is 43.4 Å². The molecule has 0 amide bonds. The Hall–Kier alpha value is -2.51. The summed E-state index contributed by atoms with van der Waals surface area (Å²) in [5, 5.41) is 10.4. The number of aromatic nitrogens is 2. The van der Waals surface area contributed by atoms with E-state index in [0.717, 1.165) is 16.7 Å². The fraction of sp³-hybridized carbons (Fsp3) is 0.500. The molecule has 3 rings (SSSR count). The predicted molar refractivity (Wildman–Crippen MR) is 109 cm³/mol. The Morgan fingerprint density at radius 3 is 2.62 bits per heavy atom. The minimum absolute atomic E-state index is 0.0936. The van der Waals surface area contributed by atoms with Gasteiger partial charge in [0.2, 0.25) is 0 Å². The second-order valence-electron chi connectivity index (χ2n) is 7.73. The second-order valence-corrected chi connectivity index (χ2v) is 7.73. The van der Waals surface area contributed by atoms with E-state index in [0.29, 0.717) is 31.2 Å². The van der Waals surface area contributed by atoms with Crippen molar-refractivity contribution in [3.63, 3.8) is 0 Å². The third-order valence-electron chi connectivity index (χ3n) is 5.66. The van der Waals surface area contributed by atoms with E-state index < -0.39 is 29.7 Å². The number of hydrogen-bond donors (Lipinski definition) is 2. The molecule has 1 fully saturated rings. The van der Waals surface area contributed by atoms with Crippen LogP contribution >= 0.6 is 0 Å². The SMILES string of the molecule is CCc1cn([C@@H]2CC(O)[C@H](CCC(=O)Cc3c(C)cccc3C)O2)c(=O)[nH]c1=O. The number of nitrogens with one attached hydrogen (secondary N) is 1. The lowest BCUT2D eigenvalue weighted by Crippen LogP contribution is -2.34. The average Bonchev–Trinajstić information content (AvgIpc) is 3.03. The minimum Gasteiger partial charge on any atom is -0.390 e. The van der Waals surface area contributed by atoms with Gasteiger partial charge in [0, 0.05) is 31.0 Å². The van der Waals surface area contributed by atoms with Crippen molar-refractivity contribution in [2.24, 2.45) is 0 Å². The lowest BCUT2D eigenvalue weighted by Gasteiger charge is -2.16. The predicted octanol–water partition coefficient (Wildman–Crippen LogP) is 1.96. The van der Waals surface area contributed by atoms with E-state index >= 15 is 0 Å². The molecule has 0 radical (unpaired) electrons. The van der Waals surface area contributed by atoms with Crippen molar-refractivity contribution < 1.29 is 14.6 Å². The zero-order valence-corrected chi connectivity index (χ0v) is 17.1. The van der Waals surface area contributed by atoms with Crippen LogP contribution in [-0.2, 0) is 22.4 Å². The summed E-state index contributed by atoms with van der Waals surface area (Å²) in [5.41, 5.74) is 2.77. The maximum absolute atomic E-state index is 12.5. The van der Waals surface area contributed by atoms with E-state index in [-0.39, 0.29) is 12.2 Å². The maximum atomic E-state index is 12.5. The van der Waals surface area contributed by atoms with Gasteiger partial charge in [-0.3, -0.25) is 19.1 Å². The van der Waals surface area contributed by atoms with Crippen LogP contribution in [0.25, 0.3) is 0 Å². The molecule has 0 bridgehead atoms. The Balaban J connectivity index is 1.63. The van der Waals surface area contributed by atoms with Crippen LogP contribution in [-0.4, -0.2) is 32.6 Å². The molecule has 0 aliphatic carbocycles. The lowest BCUT2D eigenvalue weighted by atomic mass is 9.96. The van der Waals surface area contributed by atoms with Crippen molar-refractivity contribution >= 4 is 5.78 Å². The van der Waals surface area contributed by atoms with Crippen molar-refractivity contribution in [3.8, 4) is 0 Å². The minimum atomic E-state index is -0.767. The molecule has 1 aromatic heterocycles. The summed E-state index contributed by atoms with van der Waals surface area (Å²) in [6, 6.07) is 5.97. The van der Waals surface area contributed by atoms with Crippen molar-refractivity contribution in [1.82, 2.24) is 9.55 Å². The molecule has 1 aromatic carbocycles. The number of carbonyl (C=O) groups is 1. The Labute approximate surface area is 169 Å². The van der Waals surface area contributed by atoms with Gasteiger partial charge in [0.15, 0.2) is 0 Å². The smallest absolute Gasteiger partial charge is 0.330 e. The number of aliphatic hydroxyl groups is 1. The summed E-state index contributed by atoms with van der Waals surface area (Å²) in [6.45, 7) is 5.82. The first-order valence-electron chi connectivity index (χ1n) is 10.0. The van der Waals surface area contributed by atoms with Crippen LogP contribution in [0.1, 0.15) is 54.7 Å². The highest BCUT2D eigenvalue weighted by atomic mass is 16.5. The van der Waals surface area contributed by atoms with Gasteiger partial charge >= 0.3 is 5.69 Å². The first-order chi connectivity index (χ1) is 13.8. The number of hydrogen-bond acceptors (Lipinski definition) is 5. The highest BCUT2D eigenvalue weighted by Gasteiger charge is 2.35. The first-order valence-corrected chi connectivity index (χ1v) is 10.0. The Bertz CT molecular complexity index is 987. The maximum Gasteiger partial charge on any atom is 0.330 e.